The average Bonchev–Trinajstić information content (AvgIpc) is 3.09. The molecule has 1 aromatic heterocycles. The molecular weight excluding hydrogens is 296 g/mol. The van der Waals surface area contributed by atoms with E-state index in [4.69, 9.17) is 4.74 Å². The van der Waals surface area contributed by atoms with Crippen LogP contribution in [0.15, 0.2) is 70.6 Å². The summed E-state index contributed by atoms with van der Waals surface area (Å²) in [6, 6.07) is 17.6. The third-order valence-corrected chi connectivity index (χ3v) is 4.16. The molecule has 3 aromatic rings. The van der Waals surface area contributed by atoms with Gasteiger partial charge in [0.15, 0.2) is 0 Å². The van der Waals surface area contributed by atoms with E-state index in [1.165, 1.54) is 7.11 Å². The molecule has 0 bridgehead atoms. The second kappa shape index (κ2) is 6.49. The third kappa shape index (κ3) is 3.04. The van der Waals surface area contributed by atoms with E-state index >= 15 is 0 Å². The molecule has 5 heteroatoms. The van der Waals surface area contributed by atoms with Crippen molar-refractivity contribution in [1.82, 2.24) is 10.2 Å². The number of esters is 1. The summed E-state index contributed by atoms with van der Waals surface area (Å²) in [6.07, 6.45) is 1.66. The normalized spacial score (nSPS) is 10.4. The summed E-state index contributed by atoms with van der Waals surface area (Å²) in [6.45, 7) is 0. The first kappa shape index (κ1) is 14.4. The van der Waals surface area contributed by atoms with E-state index in [1.54, 1.807) is 18.0 Å². The lowest BCUT2D eigenvalue weighted by Gasteiger charge is -2.09. The van der Waals surface area contributed by atoms with Gasteiger partial charge in [0.05, 0.1) is 18.4 Å². The smallest absolute Gasteiger partial charge is 0.338 e. The summed E-state index contributed by atoms with van der Waals surface area (Å²) in [4.78, 5) is 14.2. The number of nitrogens with zero attached hydrogens (tertiary/aromatic N) is 1. The second-order valence-electron chi connectivity index (χ2n) is 4.58. The lowest BCUT2D eigenvalue weighted by Crippen LogP contribution is -2.04. The van der Waals surface area contributed by atoms with Crippen LogP contribution in [0.25, 0.3) is 11.3 Å². The van der Waals surface area contributed by atoms with E-state index in [0.717, 1.165) is 21.0 Å². The minimum Gasteiger partial charge on any atom is -0.465 e. The van der Waals surface area contributed by atoms with Crippen LogP contribution in [0, 0.1) is 0 Å². The van der Waals surface area contributed by atoms with Crippen molar-refractivity contribution in [3.8, 4) is 11.3 Å². The Balaban J connectivity index is 1.99. The van der Waals surface area contributed by atoms with Gasteiger partial charge in [0.2, 0.25) is 0 Å². The third-order valence-electron chi connectivity index (χ3n) is 3.17. The highest BCUT2D eigenvalue weighted by molar-refractivity contribution is 7.99. The van der Waals surface area contributed by atoms with Crippen molar-refractivity contribution in [3.63, 3.8) is 0 Å². The summed E-state index contributed by atoms with van der Waals surface area (Å²) in [5.74, 6) is -0.361. The first-order valence-corrected chi connectivity index (χ1v) is 7.54. The first-order chi connectivity index (χ1) is 10.8. The first-order valence-electron chi connectivity index (χ1n) is 6.73. The number of ether oxygens (including phenoxy) is 1. The molecule has 0 saturated heterocycles. The fourth-order valence-corrected chi connectivity index (χ4v) is 3.01. The quantitative estimate of drug-likeness (QED) is 0.740. The van der Waals surface area contributed by atoms with Crippen LogP contribution in [0.1, 0.15) is 10.4 Å². The Labute approximate surface area is 132 Å². The molecule has 2 aromatic carbocycles. The zero-order valence-corrected chi connectivity index (χ0v) is 12.8. The van der Waals surface area contributed by atoms with Gasteiger partial charge in [-0.15, -0.1) is 0 Å². The summed E-state index contributed by atoms with van der Waals surface area (Å²) >= 11 is 1.60. The highest BCUT2D eigenvalue weighted by atomic mass is 32.2. The lowest BCUT2D eigenvalue weighted by atomic mass is 10.0. The predicted octanol–water partition coefficient (Wildman–Crippen LogP) is 4.01. The minimum atomic E-state index is -0.361. The van der Waals surface area contributed by atoms with Gasteiger partial charge < -0.3 is 4.74 Å². The van der Waals surface area contributed by atoms with Crippen LogP contribution < -0.4 is 0 Å². The van der Waals surface area contributed by atoms with Crippen molar-refractivity contribution in [2.75, 3.05) is 7.11 Å². The molecule has 0 saturated carbocycles. The number of rotatable bonds is 4. The van der Waals surface area contributed by atoms with Crippen LogP contribution in [0.2, 0.25) is 0 Å². The van der Waals surface area contributed by atoms with Crippen LogP contribution >= 0.6 is 11.8 Å². The molecule has 0 atom stereocenters. The number of carbonyl (C=O) groups is 1. The molecule has 1 heterocycles. The number of methoxy groups -OCH3 is 1. The zero-order valence-electron chi connectivity index (χ0n) is 11.9. The van der Waals surface area contributed by atoms with Crippen LogP contribution in [0.4, 0.5) is 0 Å². The van der Waals surface area contributed by atoms with Crippen molar-refractivity contribution >= 4 is 17.7 Å². The maximum atomic E-state index is 12.1. The molecule has 0 radical (unpaired) electrons. The molecule has 0 spiro atoms. The largest absolute Gasteiger partial charge is 0.465 e. The molecule has 4 nitrogen and oxygen atoms in total. The molecule has 0 unspecified atom stereocenters. The van der Waals surface area contributed by atoms with Gasteiger partial charge in [0.25, 0.3) is 0 Å². The van der Waals surface area contributed by atoms with Crippen molar-refractivity contribution < 1.29 is 9.53 Å². The Hall–Kier alpha value is -2.53. The van der Waals surface area contributed by atoms with Gasteiger partial charge in [-0.3, -0.25) is 5.10 Å². The van der Waals surface area contributed by atoms with Gasteiger partial charge >= 0.3 is 5.97 Å². The number of benzene rings is 2. The monoisotopic (exact) mass is 310 g/mol. The fraction of sp³-hybridized carbons (Fsp3) is 0.0588. The number of carbonyl (C=O) groups excluding carboxylic acids is 1. The molecule has 0 fully saturated rings. The van der Waals surface area contributed by atoms with Crippen molar-refractivity contribution in [1.29, 1.82) is 0 Å². The van der Waals surface area contributed by atoms with Crippen LogP contribution in [-0.4, -0.2) is 23.3 Å². The number of aromatic amines is 1. The van der Waals surface area contributed by atoms with Crippen LogP contribution in [0.3, 0.4) is 0 Å². The molecule has 22 heavy (non-hydrogen) atoms. The van der Waals surface area contributed by atoms with E-state index in [2.05, 4.69) is 10.2 Å². The van der Waals surface area contributed by atoms with Crippen molar-refractivity contribution in [2.45, 2.75) is 9.79 Å². The maximum absolute atomic E-state index is 12.1. The minimum absolute atomic E-state index is 0.361. The van der Waals surface area contributed by atoms with E-state index in [1.807, 2.05) is 54.6 Å². The molecule has 0 aliphatic heterocycles. The number of H-pyrrole nitrogens is 1. The molecule has 1 N–H and O–H groups in total. The lowest BCUT2D eigenvalue weighted by molar-refractivity contribution is 0.0601. The van der Waals surface area contributed by atoms with Gasteiger partial charge in [-0.2, -0.15) is 5.10 Å². The number of nitrogens with one attached hydrogen (secondary N) is 1. The Morgan fingerprint density at radius 3 is 2.59 bits per heavy atom. The number of hydrogen-bond donors (Lipinski definition) is 1. The second-order valence-corrected chi connectivity index (χ2v) is 5.73. The number of hydrogen-bond acceptors (Lipinski definition) is 4. The van der Waals surface area contributed by atoms with E-state index in [-0.39, 0.29) is 5.97 Å². The SMILES string of the molecule is COC(=O)c1cc(Sc2ccccc2)ccc1-c1ccn[nH]1. The summed E-state index contributed by atoms with van der Waals surface area (Å²) in [7, 11) is 1.39. The van der Waals surface area contributed by atoms with Gasteiger partial charge in [-0.05, 0) is 30.3 Å². The van der Waals surface area contributed by atoms with Crippen LogP contribution in [-0.2, 0) is 4.74 Å². The topological polar surface area (TPSA) is 55.0 Å². The highest BCUT2D eigenvalue weighted by Crippen LogP contribution is 2.32. The van der Waals surface area contributed by atoms with Gasteiger partial charge in [-0.25, -0.2) is 4.79 Å². The summed E-state index contributed by atoms with van der Waals surface area (Å²) in [5.41, 5.74) is 2.09. The molecule has 0 aliphatic rings. The van der Waals surface area contributed by atoms with E-state index < -0.39 is 0 Å². The van der Waals surface area contributed by atoms with Gasteiger partial charge in [0.1, 0.15) is 0 Å². The molecular formula is C17H14N2O2S. The Bertz CT molecular complexity index is 771. The summed E-state index contributed by atoms with van der Waals surface area (Å²) in [5, 5.41) is 6.81. The van der Waals surface area contributed by atoms with E-state index in [9.17, 15) is 4.79 Å². The summed E-state index contributed by atoms with van der Waals surface area (Å²) < 4.78 is 4.90. The Morgan fingerprint density at radius 1 is 1.09 bits per heavy atom. The maximum Gasteiger partial charge on any atom is 0.338 e. The molecule has 0 amide bonds. The van der Waals surface area contributed by atoms with Crippen molar-refractivity contribution in [2.24, 2.45) is 0 Å². The number of aromatic nitrogens is 2. The van der Waals surface area contributed by atoms with Gasteiger partial charge in [-0.1, -0.05) is 36.0 Å². The average molecular weight is 310 g/mol. The fourth-order valence-electron chi connectivity index (χ4n) is 2.13. The van der Waals surface area contributed by atoms with Gasteiger partial charge in [0, 0.05) is 21.6 Å². The van der Waals surface area contributed by atoms with E-state index in [0.29, 0.717) is 5.56 Å². The Kier molecular flexibility index (Phi) is 4.25. The predicted molar refractivity (Wildman–Crippen MR) is 85.9 cm³/mol. The standard InChI is InChI=1S/C17H14N2O2S/c1-21-17(20)15-11-13(22-12-5-3-2-4-6-12)7-8-14(15)16-9-10-18-19-16/h2-11H,1H3,(H,18,19). The molecule has 110 valence electrons. The Morgan fingerprint density at radius 2 is 1.91 bits per heavy atom. The van der Waals surface area contributed by atoms with Crippen LogP contribution in [0.5, 0.6) is 0 Å². The molecule has 0 aliphatic carbocycles. The highest BCUT2D eigenvalue weighted by Gasteiger charge is 2.15. The zero-order chi connectivity index (χ0) is 15.4. The molecule has 3 rings (SSSR count). The van der Waals surface area contributed by atoms with Crippen molar-refractivity contribution in [3.05, 3.63) is 66.4 Å².